The molecule has 0 atom stereocenters. The van der Waals surface area contributed by atoms with Crippen LogP contribution in [0.25, 0.3) is 0 Å². The van der Waals surface area contributed by atoms with Gasteiger partial charge in [0.25, 0.3) is 0 Å². The molecule has 0 unspecified atom stereocenters. The van der Waals surface area contributed by atoms with Crippen molar-refractivity contribution in [3.63, 3.8) is 0 Å². The van der Waals surface area contributed by atoms with E-state index in [1.165, 1.54) is 18.2 Å². The number of anilines is 2. The Kier molecular flexibility index (Phi) is 5.64. The molecule has 1 aliphatic heterocycles. The van der Waals surface area contributed by atoms with Gasteiger partial charge in [0, 0.05) is 31.5 Å². The first-order valence-electron chi connectivity index (χ1n) is 8.88. The molecule has 9 heteroatoms. The largest absolute Gasteiger partial charge is 0.375 e. The van der Waals surface area contributed by atoms with Crippen molar-refractivity contribution in [1.82, 2.24) is 0 Å². The second kappa shape index (κ2) is 7.97. The molecular formula is C19H21N3O5S. The normalized spacial score (nSPS) is 14.8. The number of amides is 1. The number of sulfone groups is 1. The van der Waals surface area contributed by atoms with Gasteiger partial charge in [0.2, 0.25) is 5.91 Å². The Balaban J connectivity index is 1.77. The minimum absolute atomic E-state index is 0.116. The Morgan fingerprint density at radius 3 is 2.46 bits per heavy atom. The van der Waals surface area contributed by atoms with Crippen LogP contribution in [0.15, 0.2) is 47.4 Å². The summed E-state index contributed by atoms with van der Waals surface area (Å²) in [5, 5.41) is 14.4. The highest BCUT2D eigenvalue weighted by molar-refractivity contribution is 7.90. The highest BCUT2D eigenvalue weighted by Crippen LogP contribution is 2.32. The number of rotatable bonds is 6. The van der Waals surface area contributed by atoms with Gasteiger partial charge in [-0.1, -0.05) is 18.2 Å². The minimum atomic E-state index is -3.73. The first kappa shape index (κ1) is 19.8. The second-order valence-corrected chi connectivity index (χ2v) is 8.69. The van der Waals surface area contributed by atoms with E-state index in [4.69, 9.17) is 0 Å². The van der Waals surface area contributed by atoms with Crippen LogP contribution in [0, 0.1) is 10.1 Å². The van der Waals surface area contributed by atoms with E-state index in [-0.39, 0.29) is 23.0 Å². The van der Waals surface area contributed by atoms with Crippen LogP contribution in [0.5, 0.6) is 0 Å². The number of nitrogens with zero attached hydrogens (tertiary/aromatic N) is 2. The quantitative estimate of drug-likeness (QED) is 0.586. The van der Waals surface area contributed by atoms with Crippen LogP contribution in [0.4, 0.5) is 17.1 Å². The number of hydrogen-bond donors (Lipinski definition) is 1. The van der Waals surface area contributed by atoms with E-state index < -0.39 is 20.4 Å². The van der Waals surface area contributed by atoms with Crippen molar-refractivity contribution in [2.24, 2.45) is 0 Å². The number of hydrogen-bond acceptors (Lipinski definition) is 6. The van der Waals surface area contributed by atoms with Gasteiger partial charge in [-0.3, -0.25) is 14.9 Å². The van der Waals surface area contributed by atoms with Gasteiger partial charge in [-0.25, -0.2) is 8.42 Å². The summed E-state index contributed by atoms with van der Waals surface area (Å²) in [6, 6.07) is 11.6. The summed E-state index contributed by atoms with van der Waals surface area (Å²) in [5.74, 6) is 0.116. The first-order chi connectivity index (χ1) is 13.3. The van der Waals surface area contributed by atoms with Gasteiger partial charge in [0.1, 0.15) is 10.6 Å². The Morgan fingerprint density at radius 2 is 1.86 bits per heavy atom. The molecule has 1 N–H and O–H groups in total. The zero-order chi connectivity index (χ0) is 20.3. The molecule has 0 aromatic heterocycles. The lowest BCUT2D eigenvalue weighted by molar-refractivity contribution is -0.386. The molecule has 1 amide bonds. The molecule has 1 aliphatic rings. The van der Waals surface area contributed by atoms with E-state index in [9.17, 15) is 23.3 Å². The minimum Gasteiger partial charge on any atom is -0.375 e. The molecule has 0 saturated carbocycles. The lowest BCUT2D eigenvalue weighted by Gasteiger charge is -2.26. The Labute approximate surface area is 163 Å². The number of para-hydroxylation sites is 1. The van der Waals surface area contributed by atoms with Crippen LogP contribution in [0.1, 0.15) is 24.8 Å². The van der Waals surface area contributed by atoms with Crippen molar-refractivity contribution >= 4 is 32.8 Å². The van der Waals surface area contributed by atoms with Gasteiger partial charge in [-0.2, -0.15) is 0 Å². The van der Waals surface area contributed by atoms with Crippen LogP contribution >= 0.6 is 0 Å². The smallest absolute Gasteiger partial charge is 0.310 e. The molecule has 0 spiro atoms. The number of benzene rings is 2. The van der Waals surface area contributed by atoms with Crippen molar-refractivity contribution in [2.75, 3.05) is 23.0 Å². The predicted molar refractivity (Wildman–Crippen MR) is 106 cm³/mol. The average Bonchev–Trinajstić information content (AvgIpc) is 2.66. The van der Waals surface area contributed by atoms with Crippen molar-refractivity contribution in [1.29, 1.82) is 0 Å². The summed E-state index contributed by atoms with van der Waals surface area (Å²) in [6.07, 6.45) is 3.40. The molecule has 0 aliphatic carbocycles. The monoisotopic (exact) mass is 403 g/mol. The Morgan fingerprint density at radius 1 is 1.14 bits per heavy atom. The molecular weight excluding hydrogens is 382 g/mol. The number of carbonyl (C=O) groups is 1. The van der Waals surface area contributed by atoms with E-state index in [1.54, 1.807) is 4.90 Å². The number of nitro benzene ring substituents is 1. The fraction of sp³-hybridized carbons (Fsp3) is 0.316. The molecule has 1 fully saturated rings. The molecule has 28 heavy (non-hydrogen) atoms. The third-order valence-electron chi connectivity index (χ3n) is 4.64. The van der Waals surface area contributed by atoms with Crippen molar-refractivity contribution in [3.8, 4) is 0 Å². The van der Waals surface area contributed by atoms with Gasteiger partial charge >= 0.3 is 5.69 Å². The second-order valence-electron chi connectivity index (χ2n) is 6.70. The first-order valence-corrected chi connectivity index (χ1v) is 10.8. The summed E-state index contributed by atoms with van der Waals surface area (Å²) < 4.78 is 23.7. The Hall–Kier alpha value is -2.94. The third-order valence-corrected chi connectivity index (χ3v) is 5.76. The number of piperidine rings is 1. The number of nitro groups is 1. The SMILES string of the molecule is CS(=O)(=O)c1cccc(NCc2ccc(N3CCCCC3=O)cc2)c1[N+](=O)[O-]. The molecule has 1 saturated heterocycles. The number of nitrogens with one attached hydrogen (secondary N) is 1. The Bertz CT molecular complexity index is 1000. The van der Waals surface area contributed by atoms with E-state index in [1.807, 2.05) is 24.3 Å². The van der Waals surface area contributed by atoms with Crippen LogP contribution < -0.4 is 10.2 Å². The summed E-state index contributed by atoms with van der Waals surface area (Å²) in [4.78, 5) is 24.2. The van der Waals surface area contributed by atoms with Crippen molar-refractivity contribution in [3.05, 3.63) is 58.1 Å². The maximum atomic E-state index is 12.0. The maximum absolute atomic E-state index is 12.0. The molecule has 148 valence electrons. The summed E-state index contributed by atoms with van der Waals surface area (Å²) in [7, 11) is -3.73. The van der Waals surface area contributed by atoms with Gasteiger partial charge in [-0.05, 0) is 42.7 Å². The van der Waals surface area contributed by atoms with Crippen LogP contribution in [0.2, 0.25) is 0 Å². The third kappa shape index (κ3) is 4.30. The fourth-order valence-corrected chi connectivity index (χ4v) is 4.08. The standard InChI is InChI=1S/C19H21N3O5S/c1-28(26,27)17-6-4-5-16(19(17)22(24)25)20-13-14-8-10-15(11-9-14)21-12-3-2-7-18(21)23/h4-6,8-11,20H,2-3,7,12-13H2,1H3. The molecule has 1 heterocycles. The fourth-order valence-electron chi connectivity index (χ4n) is 3.22. The number of carbonyl (C=O) groups excluding carboxylic acids is 1. The van der Waals surface area contributed by atoms with E-state index in [2.05, 4.69) is 5.32 Å². The van der Waals surface area contributed by atoms with Gasteiger partial charge < -0.3 is 10.2 Å². The maximum Gasteiger partial charge on any atom is 0.310 e. The van der Waals surface area contributed by atoms with Crippen molar-refractivity contribution in [2.45, 2.75) is 30.7 Å². The zero-order valence-electron chi connectivity index (χ0n) is 15.4. The molecule has 3 rings (SSSR count). The van der Waals surface area contributed by atoms with Gasteiger partial charge in [0.05, 0.1) is 4.92 Å². The molecule has 8 nitrogen and oxygen atoms in total. The average molecular weight is 403 g/mol. The summed E-state index contributed by atoms with van der Waals surface area (Å²) >= 11 is 0. The zero-order valence-corrected chi connectivity index (χ0v) is 16.2. The predicted octanol–water partition coefficient (Wildman–Crippen LogP) is 3.13. The van der Waals surface area contributed by atoms with Gasteiger partial charge in [-0.15, -0.1) is 0 Å². The van der Waals surface area contributed by atoms with Crippen LogP contribution in [-0.4, -0.2) is 32.0 Å². The topological polar surface area (TPSA) is 110 Å². The van der Waals surface area contributed by atoms with E-state index in [0.717, 1.165) is 30.3 Å². The lowest BCUT2D eigenvalue weighted by Crippen LogP contribution is -2.35. The van der Waals surface area contributed by atoms with Crippen LogP contribution in [-0.2, 0) is 21.2 Å². The summed E-state index contributed by atoms with van der Waals surface area (Å²) in [6.45, 7) is 0.989. The lowest BCUT2D eigenvalue weighted by atomic mass is 10.1. The highest BCUT2D eigenvalue weighted by Gasteiger charge is 2.26. The molecule has 0 bridgehead atoms. The van der Waals surface area contributed by atoms with Crippen LogP contribution in [0.3, 0.4) is 0 Å². The molecule has 2 aromatic carbocycles. The highest BCUT2D eigenvalue weighted by atomic mass is 32.2. The van der Waals surface area contributed by atoms with E-state index in [0.29, 0.717) is 13.0 Å². The van der Waals surface area contributed by atoms with E-state index >= 15 is 0 Å². The molecule has 0 radical (unpaired) electrons. The van der Waals surface area contributed by atoms with Gasteiger partial charge in [0.15, 0.2) is 9.84 Å². The van der Waals surface area contributed by atoms with Crippen molar-refractivity contribution < 1.29 is 18.1 Å². The molecule has 2 aromatic rings. The summed E-state index contributed by atoms with van der Waals surface area (Å²) in [5.41, 5.74) is 1.37.